The first-order chi connectivity index (χ1) is 11.1. The van der Waals surface area contributed by atoms with E-state index < -0.39 is 5.25 Å². The van der Waals surface area contributed by atoms with Gasteiger partial charge in [0, 0.05) is 11.3 Å². The quantitative estimate of drug-likeness (QED) is 0.742. The Morgan fingerprint density at radius 2 is 1.91 bits per heavy atom. The summed E-state index contributed by atoms with van der Waals surface area (Å²) in [5, 5.41) is 2.86. The zero-order valence-electron chi connectivity index (χ0n) is 12.0. The summed E-state index contributed by atoms with van der Waals surface area (Å²) in [6, 6.07) is 14.6. The maximum atomic E-state index is 12.1. The van der Waals surface area contributed by atoms with Gasteiger partial charge in [0.1, 0.15) is 0 Å². The zero-order valence-corrected chi connectivity index (χ0v) is 13.6. The smallest absolute Gasteiger partial charge is 0.239 e. The molecule has 1 aliphatic heterocycles. The second-order valence-electron chi connectivity index (χ2n) is 4.95. The molecule has 0 aliphatic carbocycles. The minimum absolute atomic E-state index is 0.0717. The van der Waals surface area contributed by atoms with E-state index >= 15 is 0 Å². The summed E-state index contributed by atoms with van der Waals surface area (Å²) in [4.78, 5) is 25.1. The summed E-state index contributed by atoms with van der Waals surface area (Å²) in [6.45, 7) is 0. The van der Waals surface area contributed by atoms with E-state index in [0.29, 0.717) is 10.7 Å². The summed E-state index contributed by atoms with van der Waals surface area (Å²) < 4.78 is 0. The van der Waals surface area contributed by atoms with E-state index in [4.69, 9.17) is 11.6 Å². The second-order valence-corrected chi connectivity index (χ2v) is 6.60. The molecule has 0 fully saturated rings. The molecule has 1 aliphatic rings. The van der Waals surface area contributed by atoms with Gasteiger partial charge in [-0.2, -0.15) is 0 Å². The Morgan fingerprint density at radius 3 is 2.74 bits per heavy atom. The van der Waals surface area contributed by atoms with Gasteiger partial charge < -0.3 is 5.32 Å². The van der Waals surface area contributed by atoms with Crippen molar-refractivity contribution in [2.24, 2.45) is 0 Å². The fourth-order valence-electron chi connectivity index (χ4n) is 2.15. The molecule has 1 atom stereocenters. The number of carbonyl (C=O) groups is 2. The number of para-hydroxylation sites is 2. The van der Waals surface area contributed by atoms with Gasteiger partial charge in [0.05, 0.1) is 21.6 Å². The molecule has 2 aromatic carbocycles. The number of hydrogen-bond acceptors (Lipinski definition) is 4. The van der Waals surface area contributed by atoms with Crippen LogP contribution in [0.3, 0.4) is 0 Å². The monoisotopic (exact) mass is 347 g/mol. The van der Waals surface area contributed by atoms with Crippen molar-refractivity contribution in [2.75, 3.05) is 10.7 Å². The molecule has 0 saturated carbocycles. The van der Waals surface area contributed by atoms with E-state index in [0.717, 1.165) is 10.6 Å². The highest BCUT2D eigenvalue weighted by atomic mass is 35.5. The molecule has 0 aromatic heterocycles. The van der Waals surface area contributed by atoms with Crippen LogP contribution in [-0.4, -0.2) is 17.1 Å². The number of fused-ring (bicyclic) bond motifs is 1. The topological polar surface area (TPSA) is 70.2 Å². The lowest BCUT2D eigenvalue weighted by Gasteiger charge is -2.23. The van der Waals surface area contributed by atoms with Crippen LogP contribution in [0.5, 0.6) is 0 Å². The van der Waals surface area contributed by atoms with Crippen LogP contribution < -0.4 is 16.2 Å². The Morgan fingerprint density at radius 1 is 1.17 bits per heavy atom. The van der Waals surface area contributed by atoms with Gasteiger partial charge in [0.25, 0.3) is 0 Å². The van der Waals surface area contributed by atoms with E-state index in [1.54, 1.807) is 18.2 Å². The minimum Gasteiger partial charge on any atom is -0.324 e. The summed E-state index contributed by atoms with van der Waals surface area (Å²) in [7, 11) is 0. The third-order valence-electron chi connectivity index (χ3n) is 3.29. The molecule has 3 N–H and O–H groups in total. The van der Waals surface area contributed by atoms with Crippen LogP contribution in [-0.2, 0) is 9.59 Å². The maximum absolute atomic E-state index is 12.1. The number of nitrogens with one attached hydrogen (secondary N) is 3. The van der Waals surface area contributed by atoms with Gasteiger partial charge >= 0.3 is 0 Å². The lowest BCUT2D eigenvalue weighted by atomic mass is 10.2. The molecule has 2 aromatic rings. The first kappa shape index (κ1) is 15.7. The van der Waals surface area contributed by atoms with Crippen LogP contribution in [0, 0.1) is 0 Å². The van der Waals surface area contributed by atoms with Crippen molar-refractivity contribution in [1.82, 2.24) is 5.43 Å². The van der Waals surface area contributed by atoms with E-state index in [-0.39, 0.29) is 18.2 Å². The summed E-state index contributed by atoms with van der Waals surface area (Å²) in [5.74, 6) is -0.446. The number of benzene rings is 2. The largest absolute Gasteiger partial charge is 0.324 e. The molecule has 3 rings (SSSR count). The fourth-order valence-corrected chi connectivity index (χ4v) is 3.44. The van der Waals surface area contributed by atoms with Crippen LogP contribution in [0.2, 0.25) is 5.02 Å². The number of halogens is 1. The maximum Gasteiger partial charge on any atom is 0.239 e. The van der Waals surface area contributed by atoms with Crippen LogP contribution in [0.4, 0.5) is 11.4 Å². The third-order valence-corrected chi connectivity index (χ3v) is 4.89. The Hall–Kier alpha value is -2.18. The van der Waals surface area contributed by atoms with Gasteiger partial charge in [-0.15, -0.1) is 11.8 Å². The van der Waals surface area contributed by atoms with E-state index in [1.807, 2.05) is 30.3 Å². The van der Waals surface area contributed by atoms with Crippen LogP contribution in [0.15, 0.2) is 53.4 Å². The molecule has 1 heterocycles. The molecular formula is C16H14ClN3O2S. The van der Waals surface area contributed by atoms with Gasteiger partial charge in [-0.25, -0.2) is 0 Å². The number of anilines is 2. The zero-order chi connectivity index (χ0) is 16.2. The molecule has 23 heavy (non-hydrogen) atoms. The molecule has 0 saturated heterocycles. The Bertz CT molecular complexity index is 754. The second kappa shape index (κ2) is 6.93. The molecule has 0 spiro atoms. The Labute approximate surface area is 142 Å². The first-order valence-corrected chi connectivity index (χ1v) is 8.25. The highest BCUT2D eigenvalue weighted by Crippen LogP contribution is 2.36. The molecule has 7 heteroatoms. The summed E-state index contributed by atoms with van der Waals surface area (Å²) >= 11 is 7.39. The first-order valence-electron chi connectivity index (χ1n) is 6.99. The van der Waals surface area contributed by atoms with Crippen LogP contribution in [0.25, 0.3) is 0 Å². The van der Waals surface area contributed by atoms with Gasteiger partial charge in [-0.1, -0.05) is 35.9 Å². The van der Waals surface area contributed by atoms with E-state index in [9.17, 15) is 9.59 Å². The van der Waals surface area contributed by atoms with Crippen LogP contribution >= 0.6 is 23.4 Å². The molecule has 0 radical (unpaired) electrons. The summed E-state index contributed by atoms with van der Waals surface area (Å²) in [6.07, 6.45) is 0.0717. The average Bonchev–Trinajstić information content (AvgIpc) is 2.55. The lowest BCUT2D eigenvalue weighted by Crippen LogP contribution is -2.37. The SMILES string of the molecule is O=C(CC1Sc2ccccc2NC1=O)NNc1ccccc1Cl. The molecule has 2 amide bonds. The van der Waals surface area contributed by atoms with E-state index in [1.165, 1.54) is 11.8 Å². The van der Waals surface area contributed by atoms with Crippen molar-refractivity contribution < 1.29 is 9.59 Å². The number of hydrogen-bond donors (Lipinski definition) is 3. The molecule has 1 unspecified atom stereocenters. The highest BCUT2D eigenvalue weighted by Gasteiger charge is 2.28. The minimum atomic E-state index is -0.460. The van der Waals surface area contributed by atoms with Crippen molar-refractivity contribution >= 4 is 46.6 Å². The number of rotatable bonds is 4. The lowest BCUT2D eigenvalue weighted by molar-refractivity contribution is -0.123. The number of carbonyl (C=O) groups excluding carboxylic acids is 2. The van der Waals surface area contributed by atoms with E-state index in [2.05, 4.69) is 16.2 Å². The third kappa shape index (κ3) is 3.78. The van der Waals surface area contributed by atoms with Gasteiger partial charge in [0.15, 0.2) is 0 Å². The van der Waals surface area contributed by atoms with Crippen molar-refractivity contribution in [3.63, 3.8) is 0 Å². The molecule has 5 nitrogen and oxygen atoms in total. The Kier molecular flexibility index (Phi) is 4.73. The van der Waals surface area contributed by atoms with Crippen molar-refractivity contribution in [2.45, 2.75) is 16.6 Å². The number of amides is 2. The standard InChI is InChI=1S/C16H14ClN3O2S/c17-10-5-1-2-6-11(10)19-20-15(21)9-14-16(22)18-12-7-3-4-8-13(12)23-14/h1-8,14,19H,9H2,(H,18,22)(H,20,21). The van der Waals surface area contributed by atoms with Crippen molar-refractivity contribution in [3.8, 4) is 0 Å². The van der Waals surface area contributed by atoms with Crippen molar-refractivity contribution in [3.05, 3.63) is 53.6 Å². The fraction of sp³-hybridized carbons (Fsp3) is 0.125. The molecule has 118 valence electrons. The predicted molar refractivity (Wildman–Crippen MR) is 92.6 cm³/mol. The molecule has 0 bridgehead atoms. The van der Waals surface area contributed by atoms with Crippen LogP contribution in [0.1, 0.15) is 6.42 Å². The Balaban J connectivity index is 1.58. The van der Waals surface area contributed by atoms with Gasteiger partial charge in [-0.3, -0.25) is 20.4 Å². The summed E-state index contributed by atoms with van der Waals surface area (Å²) in [5.41, 5.74) is 6.72. The predicted octanol–water partition coefficient (Wildman–Crippen LogP) is 3.29. The number of hydrazine groups is 1. The normalized spacial score (nSPS) is 16.2. The van der Waals surface area contributed by atoms with Gasteiger partial charge in [-0.05, 0) is 24.3 Å². The van der Waals surface area contributed by atoms with Gasteiger partial charge in [0.2, 0.25) is 11.8 Å². The molecular weight excluding hydrogens is 334 g/mol. The van der Waals surface area contributed by atoms with Crippen molar-refractivity contribution in [1.29, 1.82) is 0 Å². The number of thioether (sulfide) groups is 1. The average molecular weight is 348 g/mol. The highest BCUT2D eigenvalue weighted by molar-refractivity contribution is 8.01.